The summed E-state index contributed by atoms with van der Waals surface area (Å²) in [4.78, 5) is 13.2. The molecule has 0 atom stereocenters. The highest BCUT2D eigenvalue weighted by atomic mass is 79.9. The van der Waals surface area contributed by atoms with E-state index in [1.54, 1.807) is 0 Å². The summed E-state index contributed by atoms with van der Waals surface area (Å²) in [5.74, 6) is 1.78. The Morgan fingerprint density at radius 3 is 2.67 bits per heavy atom. The van der Waals surface area contributed by atoms with Crippen LogP contribution in [-0.4, -0.2) is 31.7 Å². The van der Waals surface area contributed by atoms with Crippen LogP contribution in [0.15, 0.2) is 41.1 Å². The Balaban J connectivity index is 2.18. The third-order valence-corrected chi connectivity index (χ3v) is 3.62. The maximum atomic E-state index is 4.60. The van der Waals surface area contributed by atoms with E-state index < -0.39 is 0 Å². The average molecular weight is 345 g/mol. The van der Waals surface area contributed by atoms with Crippen LogP contribution in [0.4, 0.5) is 5.82 Å². The number of hydrogen-bond donors (Lipinski definition) is 2. The van der Waals surface area contributed by atoms with E-state index in [-0.39, 0.29) is 0 Å². The first-order chi connectivity index (χ1) is 10.3. The first-order valence-corrected chi connectivity index (χ1v) is 7.31. The molecule has 0 aliphatic heterocycles. The normalized spacial score (nSPS) is 10.6. The molecular weight excluding hydrogens is 332 g/mol. The maximum absolute atomic E-state index is 4.60. The molecule has 7 heteroatoms. The van der Waals surface area contributed by atoms with Crippen LogP contribution in [0.2, 0.25) is 0 Å². The van der Waals surface area contributed by atoms with Gasteiger partial charge in [-0.15, -0.1) is 0 Å². The zero-order valence-corrected chi connectivity index (χ0v) is 12.9. The summed E-state index contributed by atoms with van der Waals surface area (Å²) in [6.07, 6.45) is 1.44. The van der Waals surface area contributed by atoms with Gasteiger partial charge in [-0.3, -0.25) is 5.10 Å². The van der Waals surface area contributed by atoms with Crippen molar-refractivity contribution in [2.45, 2.75) is 6.92 Å². The quantitative estimate of drug-likeness (QED) is 0.760. The SMILES string of the molecule is CCNc1nc(-c2ncn[nH]2)nc(-c2ccccc2)c1Br. The highest BCUT2D eigenvalue weighted by molar-refractivity contribution is 9.10. The van der Waals surface area contributed by atoms with Crippen LogP contribution >= 0.6 is 15.9 Å². The molecule has 106 valence electrons. The average Bonchev–Trinajstić information content (AvgIpc) is 3.05. The number of rotatable bonds is 4. The molecule has 0 bridgehead atoms. The minimum Gasteiger partial charge on any atom is -0.369 e. The first-order valence-electron chi connectivity index (χ1n) is 6.52. The second kappa shape index (κ2) is 6.01. The van der Waals surface area contributed by atoms with Crippen molar-refractivity contribution in [2.75, 3.05) is 11.9 Å². The fourth-order valence-corrected chi connectivity index (χ4v) is 2.48. The molecule has 0 fully saturated rings. The molecule has 0 unspecified atom stereocenters. The molecule has 1 aromatic carbocycles. The number of benzene rings is 1. The summed E-state index contributed by atoms with van der Waals surface area (Å²) in [5, 5.41) is 9.87. The van der Waals surface area contributed by atoms with Crippen molar-refractivity contribution in [3.8, 4) is 22.9 Å². The molecule has 0 aliphatic rings. The Labute approximate surface area is 130 Å². The number of nitrogens with one attached hydrogen (secondary N) is 2. The third-order valence-electron chi connectivity index (χ3n) is 2.87. The summed E-state index contributed by atoms with van der Waals surface area (Å²) >= 11 is 3.58. The molecule has 21 heavy (non-hydrogen) atoms. The molecule has 0 spiro atoms. The van der Waals surface area contributed by atoms with Crippen molar-refractivity contribution in [2.24, 2.45) is 0 Å². The van der Waals surface area contributed by atoms with E-state index in [0.29, 0.717) is 11.6 Å². The minimum atomic E-state index is 0.505. The van der Waals surface area contributed by atoms with Gasteiger partial charge in [-0.25, -0.2) is 15.0 Å². The maximum Gasteiger partial charge on any atom is 0.199 e. The molecule has 6 nitrogen and oxygen atoms in total. The van der Waals surface area contributed by atoms with Crippen molar-refractivity contribution in [3.05, 3.63) is 41.1 Å². The van der Waals surface area contributed by atoms with Crippen LogP contribution in [0.3, 0.4) is 0 Å². The Morgan fingerprint density at radius 1 is 1.19 bits per heavy atom. The van der Waals surface area contributed by atoms with Crippen molar-refractivity contribution in [3.63, 3.8) is 0 Å². The van der Waals surface area contributed by atoms with E-state index in [0.717, 1.165) is 28.1 Å². The van der Waals surface area contributed by atoms with E-state index in [4.69, 9.17) is 0 Å². The summed E-state index contributed by atoms with van der Waals surface area (Å²) in [6.45, 7) is 2.78. The van der Waals surface area contributed by atoms with Crippen LogP contribution in [0, 0.1) is 0 Å². The van der Waals surface area contributed by atoms with Crippen LogP contribution in [0.5, 0.6) is 0 Å². The minimum absolute atomic E-state index is 0.505. The number of anilines is 1. The van der Waals surface area contributed by atoms with Gasteiger partial charge in [-0.1, -0.05) is 30.3 Å². The molecule has 0 saturated heterocycles. The van der Waals surface area contributed by atoms with Crippen molar-refractivity contribution in [1.29, 1.82) is 0 Å². The molecule has 0 amide bonds. The summed E-state index contributed by atoms with van der Waals surface area (Å²) in [5.41, 5.74) is 1.82. The third kappa shape index (κ3) is 2.78. The van der Waals surface area contributed by atoms with Gasteiger partial charge in [0, 0.05) is 12.1 Å². The second-order valence-corrected chi connectivity index (χ2v) is 5.08. The highest BCUT2D eigenvalue weighted by Gasteiger charge is 2.15. The van der Waals surface area contributed by atoms with Gasteiger partial charge in [0.25, 0.3) is 0 Å². The molecule has 2 heterocycles. The lowest BCUT2D eigenvalue weighted by Gasteiger charge is -2.11. The van der Waals surface area contributed by atoms with E-state index in [9.17, 15) is 0 Å². The number of H-pyrrole nitrogens is 1. The van der Waals surface area contributed by atoms with Gasteiger partial charge < -0.3 is 5.32 Å². The van der Waals surface area contributed by atoms with Gasteiger partial charge in [0.05, 0.1) is 10.2 Å². The number of aromatic amines is 1. The molecule has 0 aliphatic carbocycles. The first kappa shape index (κ1) is 13.7. The van der Waals surface area contributed by atoms with E-state index in [2.05, 4.69) is 46.4 Å². The van der Waals surface area contributed by atoms with Crippen LogP contribution < -0.4 is 5.32 Å². The Hall–Kier alpha value is -2.28. The van der Waals surface area contributed by atoms with Gasteiger partial charge in [0.15, 0.2) is 11.6 Å². The Morgan fingerprint density at radius 2 is 2.00 bits per heavy atom. The predicted molar refractivity (Wildman–Crippen MR) is 84.7 cm³/mol. The lowest BCUT2D eigenvalue weighted by atomic mass is 10.1. The fourth-order valence-electron chi connectivity index (χ4n) is 1.94. The summed E-state index contributed by atoms with van der Waals surface area (Å²) in [6, 6.07) is 9.94. The number of nitrogens with zero attached hydrogens (tertiary/aromatic N) is 4. The van der Waals surface area contributed by atoms with Crippen LogP contribution in [0.25, 0.3) is 22.9 Å². The van der Waals surface area contributed by atoms with Crippen molar-refractivity contribution >= 4 is 21.7 Å². The van der Waals surface area contributed by atoms with Crippen molar-refractivity contribution in [1.82, 2.24) is 25.1 Å². The van der Waals surface area contributed by atoms with Crippen LogP contribution in [-0.2, 0) is 0 Å². The molecule has 0 radical (unpaired) electrons. The molecule has 2 aromatic heterocycles. The summed E-state index contributed by atoms with van der Waals surface area (Å²) < 4.78 is 0.832. The van der Waals surface area contributed by atoms with Crippen molar-refractivity contribution < 1.29 is 0 Å². The molecule has 3 aromatic rings. The molecular formula is C14H13BrN6. The van der Waals surface area contributed by atoms with Gasteiger partial charge in [0.1, 0.15) is 12.1 Å². The van der Waals surface area contributed by atoms with Gasteiger partial charge in [0.2, 0.25) is 0 Å². The second-order valence-electron chi connectivity index (χ2n) is 4.29. The zero-order valence-electron chi connectivity index (χ0n) is 11.3. The zero-order chi connectivity index (χ0) is 14.7. The summed E-state index contributed by atoms with van der Waals surface area (Å²) in [7, 11) is 0. The monoisotopic (exact) mass is 344 g/mol. The Bertz CT molecular complexity index is 727. The molecule has 2 N–H and O–H groups in total. The largest absolute Gasteiger partial charge is 0.369 e. The smallest absolute Gasteiger partial charge is 0.199 e. The fraction of sp³-hybridized carbons (Fsp3) is 0.143. The molecule has 3 rings (SSSR count). The van der Waals surface area contributed by atoms with Crippen LogP contribution in [0.1, 0.15) is 6.92 Å². The highest BCUT2D eigenvalue weighted by Crippen LogP contribution is 2.32. The topological polar surface area (TPSA) is 79.4 Å². The number of aromatic nitrogens is 5. The Kier molecular flexibility index (Phi) is 3.92. The van der Waals surface area contributed by atoms with Gasteiger partial charge in [-0.2, -0.15) is 5.10 Å². The van der Waals surface area contributed by atoms with E-state index >= 15 is 0 Å². The molecule has 0 saturated carbocycles. The standard InChI is InChI=1S/C14H13BrN6/c1-2-16-12-10(15)11(9-6-4-3-5-7-9)19-14(20-12)13-17-8-18-21-13/h3-8H,2H2,1H3,(H,16,19,20)(H,17,18,21). The van der Waals surface area contributed by atoms with Gasteiger partial charge in [-0.05, 0) is 22.9 Å². The van der Waals surface area contributed by atoms with E-state index in [1.807, 2.05) is 37.3 Å². The number of halogens is 1. The lowest BCUT2D eigenvalue weighted by Crippen LogP contribution is -2.05. The number of hydrogen-bond acceptors (Lipinski definition) is 5. The van der Waals surface area contributed by atoms with E-state index in [1.165, 1.54) is 6.33 Å². The lowest BCUT2D eigenvalue weighted by molar-refractivity contribution is 1.05. The predicted octanol–water partition coefficient (Wildman–Crippen LogP) is 3.12. The van der Waals surface area contributed by atoms with Gasteiger partial charge >= 0.3 is 0 Å².